The number of hydrogen-bond donors (Lipinski definition) is 0. The molecule has 1 aliphatic rings. The van der Waals surface area contributed by atoms with Crippen LogP contribution in [0.4, 0.5) is 0 Å². The van der Waals surface area contributed by atoms with Crippen LogP contribution < -0.4 is 0 Å². The van der Waals surface area contributed by atoms with Crippen LogP contribution in [-0.4, -0.2) is 7.11 Å². The lowest BCUT2D eigenvalue weighted by atomic mass is 9.93. The first kappa shape index (κ1) is 14.8. The van der Waals surface area contributed by atoms with Crippen molar-refractivity contribution < 1.29 is 9.47 Å². The van der Waals surface area contributed by atoms with Gasteiger partial charge in [-0.3, -0.25) is 0 Å². The Labute approximate surface area is 132 Å². The molecule has 0 aliphatic carbocycles. The lowest BCUT2D eigenvalue weighted by Crippen LogP contribution is -2.29. The normalized spacial score (nSPS) is 21.8. The molecule has 1 unspecified atom stereocenters. The van der Waals surface area contributed by atoms with Crippen LogP contribution in [0.25, 0.3) is 0 Å². The molecule has 2 aromatic rings. The second-order valence-corrected chi connectivity index (χ2v) is 6.09. The lowest BCUT2D eigenvalue weighted by molar-refractivity contribution is -0.227. The van der Waals surface area contributed by atoms with E-state index in [1.165, 1.54) is 5.56 Å². The molecular formula is C20H20O2. The molecule has 2 nitrogen and oxygen atoms in total. The van der Waals surface area contributed by atoms with Crippen LogP contribution in [0, 0.1) is 18.8 Å². The lowest BCUT2D eigenvalue weighted by Gasteiger charge is -2.26. The van der Waals surface area contributed by atoms with Gasteiger partial charge in [-0.15, -0.1) is 0 Å². The molecule has 1 heterocycles. The summed E-state index contributed by atoms with van der Waals surface area (Å²) in [6, 6.07) is 16.2. The predicted molar refractivity (Wildman–Crippen MR) is 87.3 cm³/mol. The van der Waals surface area contributed by atoms with Gasteiger partial charge in [0.2, 0.25) is 0 Å². The zero-order valence-electron chi connectivity index (χ0n) is 13.4. The number of aryl methyl sites for hydroxylation is 1. The number of benzene rings is 2. The van der Waals surface area contributed by atoms with Gasteiger partial charge in [0.05, 0.1) is 5.60 Å². The number of hydrogen-bond acceptors (Lipinski definition) is 2. The highest BCUT2D eigenvalue weighted by atomic mass is 16.7. The van der Waals surface area contributed by atoms with Gasteiger partial charge in [0.1, 0.15) is 0 Å². The molecule has 2 heteroatoms. The molecule has 3 rings (SSSR count). The van der Waals surface area contributed by atoms with E-state index in [0.29, 0.717) is 0 Å². The van der Waals surface area contributed by atoms with E-state index in [9.17, 15) is 0 Å². The molecule has 0 aromatic heterocycles. The zero-order valence-corrected chi connectivity index (χ0v) is 13.4. The van der Waals surface area contributed by atoms with E-state index in [1.54, 1.807) is 7.11 Å². The summed E-state index contributed by atoms with van der Waals surface area (Å²) in [5.41, 5.74) is 3.86. The largest absolute Gasteiger partial charge is 0.339 e. The quantitative estimate of drug-likeness (QED) is 0.736. The Morgan fingerprint density at radius 3 is 2.23 bits per heavy atom. The molecule has 0 saturated heterocycles. The molecule has 0 radical (unpaired) electrons. The Morgan fingerprint density at radius 1 is 0.955 bits per heavy atom. The van der Waals surface area contributed by atoms with Crippen molar-refractivity contribution in [2.75, 3.05) is 7.11 Å². The van der Waals surface area contributed by atoms with Crippen LogP contribution >= 0.6 is 0 Å². The van der Waals surface area contributed by atoms with Gasteiger partial charge in [0.15, 0.2) is 0 Å². The van der Waals surface area contributed by atoms with E-state index in [4.69, 9.17) is 9.47 Å². The van der Waals surface area contributed by atoms with E-state index in [1.807, 2.05) is 44.2 Å². The van der Waals surface area contributed by atoms with Crippen LogP contribution in [0.5, 0.6) is 0 Å². The minimum absolute atomic E-state index is 0.422. The molecule has 1 atom stereocenters. The van der Waals surface area contributed by atoms with Gasteiger partial charge in [-0.2, -0.15) is 0 Å². The summed E-state index contributed by atoms with van der Waals surface area (Å²) in [4.78, 5) is 0. The average Bonchev–Trinajstić information content (AvgIpc) is 2.76. The zero-order chi connectivity index (χ0) is 15.8. The molecule has 0 fully saturated rings. The Kier molecular flexibility index (Phi) is 3.56. The highest BCUT2D eigenvalue weighted by Gasteiger charge is 2.48. The SMILES string of the molecule is COC1(C#Cc2ccc(C)cc2)OC(C)(C)c2ccccc21. The monoisotopic (exact) mass is 292 g/mol. The van der Waals surface area contributed by atoms with Crippen LogP contribution in [-0.2, 0) is 20.9 Å². The van der Waals surface area contributed by atoms with Gasteiger partial charge in [-0.25, -0.2) is 0 Å². The standard InChI is InChI=1S/C20H20O2/c1-15-9-11-16(12-10-15)13-14-20(21-4)18-8-6-5-7-17(18)19(2,3)22-20/h5-12H,1-4H3. The summed E-state index contributed by atoms with van der Waals surface area (Å²) in [5.74, 6) is 5.37. The fourth-order valence-electron chi connectivity index (χ4n) is 2.85. The first-order valence-corrected chi connectivity index (χ1v) is 7.42. The molecular weight excluding hydrogens is 272 g/mol. The molecule has 0 bridgehead atoms. The van der Waals surface area contributed by atoms with Crippen molar-refractivity contribution in [1.29, 1.82) is 0 Å². The molecule has 22 heavy (non-hydrogen) atoms. The van der Waals surface area contributed by atoms with Crippen molar-refractivity contribution in [3.63, 3.8) is 0 Å². The minimum Gasteiger partial charge on any atom is -0.339 e. The van der Waals surface area contributed by atoms with E-state index in [0.717, 1.165) is 16.7 Å². The maximum atomic E-state index is 6.21. The molecule has 112 valence electrons. The molecule has 2 aromatic carbocycles. The summed E-state index contributed by atoms with van der Waals surface area (Å²) in [6.07, 6.45) is 0. The van der Waals surface area contributed by atoms with E-state index >= 15 is 0 Å². The summed E-state index contributed by atoms with van der Waals surface area (Å²) >= 11 is 0. The van der Waals surface area contributed by atoms with Gasteiger partial charge < -0.3 is 9.47 Å². The van der Waals surface area contributed by atoms with Crippen LogP contribution in [0.2, 0.25) is 0 Å². The average molecular weight is 292 g/mol. The Balaban J connectivity index is 2.06. The minimum atomic E-state index is -1.01. The van der Waals surface area contributed by atoms with Gasteiger partial charge in [0, 0.05) is 18.2 Å². The van der Waals surface area contributed by atoms with E-state index < -0.39 is 11.4 Å². The fraction of sp³-hybridized carbons (Fsp3) is 0.300. The van der Waals surface area contributed by atoms with Gasteiger partial charge in [-0.05, 0) is 44.4 Å². The maximum Gasteiger partial charge on any atom is 0.262 e. The molecule has 0 N–H and O–H groups in total. The maximum absolute atomic E-state index is 6.21. The van der Waals surface area contributed by atoms with Crippen molar-refractivity contribution >= 4 is 0 Å². The third kappa shape index (κ3) is 2.43. The highest BCUT2D eigenvalue weighted by molar-refractivity contribution is 5.46. The van der Waals surface area contributed by atoms with Crippen molar-refractivity contribution in [2.45, 2.75) is 32.2 Å². The summed E-state index contributed by atoms with van der Waals surface area (Å²) in [6.45, 7) is 6.15. The van der Waals surface area contributed by atoms with Gasteiger partial charge in [0.25, 0.3) is 5.79 Å². The Bertz CT molecular complexity index is 747. The first-order valence-electron chi connectivity index (χ1n) is 7.42. The number of fused-ring (bicyclic) bond motifs is 1. The van der Waals surface area contributed by atoms with Crippen molar-refractivity contribution in [2.24, 2.45) is 0 Å². The van der Waals surface area contributed by atoms with E-state index in [2.05, 4.69) is 37.0 Å². The number of rotatable bonds is 1. The van der Waals surface area contributed by atoms with Crippen LogP contribution in [0.1, 0.15) is 36.1 Å². The van der Waals surface area contributed by atoms with Crippen molar-refractivity contribution in [3.8, 4) is 11.8 Å². The van der Waals surface area contributed by atoms with Crippen LogP contribution in [0.15, 0.2) is 48.5 Å². The highest BCUT2D eigenvalue weighted by Crippen LogP contribution is 2.46. The van der Waals surface area contributed by atoms with Gasteiger partial charge in [-0.1, -0.05) is 47.9 Å². The predicted octanol–water partition coefficient (Wildman–Crippen LogP) is 4.11. The van der Waals surface area contributed by atoms with Crippen LogP contribution in [0.3, 0.4) is 0 Å². The fourth-order valence-corrected chi connectivity index (χ4v) is 2.85. The molecule has 0 spiro atoms. The number of methoxy groups -OCH3 is 1. The van der Waals surface area contributed by atoms with Crippen molar-refractivity contribution in [1.82, 2.24) is 0 Å². The Morgan fingerprint density at radius 2 is 1.59 bits per heavy atom. The second kappa shape index (κ2) is 5.28. The second-order valence-electron chi connectivity index (χ2n) is 6.09. The third-order valence-electron chi connectivity index (χ3n) is 4.04. The summed E-state index contributed by atoms with van der Waals surface area (Å²) in [5, 5.41) is 0. The summed E-state index contributed by atoms with van der Waals surface area (Å²) in [7, 11) is 1.64. The van der Waals surface area contributed by atoms with Crippen molar-refractivity contribution in [3.05, 3.63) is 70.8 Å². The summed E-state index contributed by atoms with van der Waals surface area (Å²) < 4.78 is 11.9. The molecule has 1 aliphatic heterocycles. The topological polar surface area (TPSA) is 18.5 Å². The number of ether oxygens (including phenoxy) is 2. The smallest absolute Gasteiger partial charge is 0.262 e. The van der Waals surface area contributed by atoms with Gasteiger partial charge >= 0.3 is 0 Å². The molecule has 0 amide bonds. The Hall–Kier alpha value is -2.08. The van der Waals surface area contributed by atoms with E-state index in [-0.39, 0.29) is 0 Å². The molecule has 0 saturated carbocycles. The first-order chi connectivity index (χ1) is 10.5. The third-order valence-corrected chi connectivity index (χ3v) is 4.04.